The van der Waals surface area contributed by atoms with Gasteiger partial charge in [-0.3, -0.25) is 9.69 Å². The van der Waals surface area contributed by atoms with Gasteiger partial charge in [0.15, 0.2) is 0 Å². The maximum atomic E-state index is 12.6. The zero-order valence-corrected chi connectivity index (χ0v) is 19.1. The number of unbranched alkanes of at least 4 members (excludes halogenated alkanes) is 1. The summed E-state index contributed by atoms with van der Waals surface area (Å²) in [5.74, 6) is -0.136. The average Bonchev–Trinajstić information content (AvgIpc) is 2.71. The van der Waals surface area contributed by atoms with Gasteiger partial charge in [0.2, 0.25) is 0 Å². The van der Waals surface area contributed by atoms with Crippen molar-refractivity contribution in [3.05, 3.63) is 35.9 Å². The lowest BCUT2D eigenvalue weighted by Gasteiger charge is -2.45. The number of amides is 1. The van der Waals surface area contributed by atoms with Crippen LogP contribution in [0, 0.1) is 0 Å². The van der Waals surface area contributed by atoms with E-state index in [1.54, 1.807) is 0 Å². The average molecular weight is 432 g/mol. The second kappa shape index (κ2) is 10.5. The number of likely N-dealkylation sites (tertiary alicyclic amines) is 1. The van der Waals surface area contributed by atoms with Gasteiger partial charge in [0.1, 0.15) is 17.2 Å². The third kappa shape index (κ3) is 7.51. The quantitative estimate of drug-likeness (QED) is 0.510. The van der Waals surface area contributed by atoms with Gasteiger partial charge in [0, 0.05) is 45.6 Å². The maximum Gasteiger partial charge on any atom is 0.407 e. The number of morpholine rings is 1. The summed E-state index contributed by atoms with van der Waals surface area (Å²) in [5, 5.41) is 6.17. The molecule has 2 N–H and O–H groups in total. The number of nitrogens with zero attached hydrogens (tertiary/aromatic N) is 1. The number of ether oxygens (including phenoxy) is 2. The number of hydrogen-bond donors (Lipinski definition) is 2. The number of esters is 1. The number of carbonyl (C=O) groups excluding carboxylic acids is 2. The number of rotatable bonds is 7. The first-order chi connectivity index (χ1) is 14.7. The summed E-state index contributed by atoms with van der Waals surface area (Å²) in [6, 6.07) is 10.2. The fraction of sp³-hybridized carbons (Fsp3) is 0.667. The molecule has 0 radical (unpaired) electrons. The Balaban J connectivity index is 1.32. The van der Waals surface area contributed by atoms with Crippen LogP contribution in [0.5, 0.6) is 0 Å². The Kier molecular flexibility index (Phi) is 7.94. The van der Waals surface area contributed by atoms with Crippen molar-refractivity contribution >= 4 is 12.1 Å². The van der Waals surface area contributed by atoms with E-state index in [-0.39, 0.29) is 17.6 Å². The predicted octanol–water partition coefficient (Wildman–Crippen LogP) is 3.23. The molecule has 1 spiro atoms. The van der Waals surface area contributed by atoms with E-state index in [1.165, 1.54) is 5.56 Å². The Hall–Kier alpha value is -2.12. The van der Waals surface area contributed by atoms with Gasteiger partial charge in [-0.15, -0.1) is 0 Å². The van der Waals surface area contributed by atoms with Crippen LogP contribution in [0.3, 0.4) is 0 Å². The zero-order chi connectivity index (χ0) is 22.3. The van der Waals surface area contributed by atoms with Gasteiger partial charge in [0.25, 0.3) is 0 Å². The summed E-state index contributed by atoms with van der Waals surface area (Å²) in [5.41, 5.74) is 0.463. The first-order valence-electron chi connectivity index (χ1n) is 11.4. The van der Waals surface area contributed by atoms with Crippen LogP contribution in [0.1, 0.15) is 58.4 Å². The lowest BCUT2D eigenvalue weighted by molar-refractivity contribution is -0.175. The smallest absolute Gasteiger partial charge is 0.407 e. The summed E-state index contributed by atoms with van der Waals surface area (Å²) in [4.78, 5) is 26.7. The molecule has 7 heteroatoms. The van der Waals surface area contributed by atoms with Crippen LogP contribution in [-0.4, -0.2) is 60.4 Å². The van der Waals surface area contributed by atoms with Crippen molar-refractivity contribution in [2.24, 2.45) is 0 Å². The Morgan fingerprint density at radius 2 is 1.94 bits per heavy atom. The Morgan fingerprint density at radius 3 is 2.58 bits per heavy atom. The van der Waals surface area contributed by atoms with Crippen molar-refractivity contribution in [2.75, 3.05) is 26.2 Å². The van der Waals surface area contributed by atoms with Gasteiger partial charge in [-0.2, -0.15) is 0 Å². The third-order valence-corrected chi connectivity index (χ3v) is 5.88. The van der Waals surface area contributed by atoms with Gasteiger partial charge < -0.3 is 20.1 Å². The van der Waals surface area contributed by atoms with E-state index < -0.39 is 11.7 Å². The summed E-state index contributed by atoms with van der Waals surface area (Å²) in [7, 11) is 0. The van der Waals surface area contributed by atoms with Crippen molar-refractivity contribution in [1.29, 1.82) is 0 Å². The van der Waals surface area contributed by atoms with Crippen molar-refractivity contribution in [2.45, 2.75) is 76.7 Å². The molecule has 7 nitrogen and oxygen atoms in total. The van der Waals surface area contributed by atoms with E-state index in [2.05, 4.69) is 39.8 Å². The van der Waals surface area contributed by atoms with E-state index in [0.29, 0.717) is 13.0 Å². The molecule has 2 aliphatic rings. The summed E-state index contributed by atoms with van der Waals surface area (Å²) in [6.07, 6.45) is 3.68. The van der Waals surface area contributed by atoms with Crippen molar-refractivity contribution < 1.29 is 19.1 Å². The third-order valence-electron chi connectivity index (χ3n) is 5.88. The van der Waals surface area contributed by atoms with Crippen LogP contribution in [0.4, 0.5) is 4.79 Å². The molecule has 31 heavy (non-hydrogen) atoms. The topological polar surface area (TPSA) is 79.9 Å². The highest BCUT2D eigenvalue weighted by atomic mass is 16.6. The van der Waals surface area contributed by atoms with Gasteiger partial charge in [0.05, 0.1) is 0 Å². The molecular weight excluding hydrogens is 394 g/mol. The highest BCUT2D eigenvalue weighted by Crippen LogP contribution is 2.30. The standard InChI is InChI=1S/C24H37N3O4/c1-23(2,3)31-22(29)25-14-8-7-11-20-21(28)30-24(18-26-20)12-15-27(16-13-24)17-19-9-5-4-6-10-19/h4-6,9-10,20,26H,7-8,11-18H2,1-3H3,(H,25,29). The van der Waals surface area contributed by atoms with Gasteiger partial charge in [-0.25, -0.2) is 4.79 Å². The highest BCUT2D eigenvalue weighted by Gasteiger charge is 2.43. The molecule has 0 aromatic heterocycles. The minimum atomic E-state index is -0.493. The fourth-order valence-electron chi connectivity index (χ4n) is 4.15. The minimum absolute atomic E-state index is 0.136. The zero-order valence-electron chi connectivity index (χ0n) is 19.1. The van der Waals surface area contributed by atoms with Crippen LogP contribution in [0.25, 0.3) is 0 Å². The number of benzene rings is 1. The summed E-state index contributed by atoms with van der Waals surface area (Å²) in [6.45, 7) is 9.59. The van der Waals surface area contributed by atoms with E-state index in [1.807, 2.05) is 26.8 Å². The van der Waals surface area contributed by atoms with Gasteiger partial charge in [-0.05, 0) is 45.6 Å². The van der Waals surface area contributed by atoms with Crippen LogP contribution >= 0.6 is 0 Å². The van der Waals surface area contributed by atoms with Crippen molar-refractivity contribution in [1.82, 2.24) is 15.5 Å². The fourth-order valence-corrected chi connectivity index (χ4v) is 4.15. The molecule has 2 saturated heterocycles. The van der Waals surface area contributed by atoms with E-state index in [0.717, 1.165) is 51.9 Å². The second-order valence-electron chi connectivity index (χ2n) is 9.72. The monoisotopic (exact) mass is 431 g/mol. The molecule has 1 aromatic carbocycles. The summed E-state index contributed by atoms with van der Waals surface area (Å²) < 4.78 is 11.2. The van der Waals surface area contributed by atoms with E-state index >= 15 is 0 Å². The molecule has 1 amide bonds. The molecule has 2 aliphatic heterocycles. The molecule has 3 rings (SSSR count). The Labute approximate surface area is 185 Å². The maximum absolute atomic E-state index is 12.6. The normalized spacial score (nSPS) is 21.5. The second-order valence-corrected chi connectivity index (χ2v) is 9.72. The SMILES string of the molecule is CC(C)(C)OC(=O)NCCCCC1NCC2(CCN(Cc3ccccc3)CC2)OC1=O. The Bertz CT molecular complexity index is 724. The molecule has 172 valence electrons. The van der Waals surface area contributed by atoms with Crippen LogP contribution in [0.15, 0.2) is 30.3 Å². The first kappa shape index (κ1) is 23.5. The van der Waals surface area contributed by atoms with Crippen LogP contribution in [-0.2, 0) is 20.8 Å². The van der Waals surface area contributed by atoms with Gasteiger partial charge in [-0.1, -0.05) is 30.3 Å². The van der Waals surface area contributed by atoms with Crippen molar-refractivity contribution in [3.63, 3.8) is 0 Å². The lowest BCUT2D eigenvalue weighted by Crippen LogP contribution is -2.60. The van der Waals surface area contributed by atoms with Crippen LogP contribution < -0.4 is 10.6 Å². The summed E-state index contributed by atoms with van der Waals surface area (Å²) >= 11 is 0. The molecule has 1 aromatic rings. The van der Waals surface area contributed by atoms with Gasteiger partial charge >= 0.3 is 12.1 Å². The molecular formula is C24H37N3O4. The van der Waals surface area contributed by atoms with Crippen molar-refractivity contribution in [3.8, 4) is 0 Å². The molecule has 1 unspecified atom stereocenters. The number of hydrogen-bond acceptors (Lipinski definition) is 6. The predicted molar refractivity (Wildman–Crippen MR) is 120 cm³/mol. The molecule has 0 bridgehead atoms. The molecule has 2 fully saturated rings. The number of piperidine rings is 1. The molecule has 2 heterocycles. The number of carbonyl (C=O) groups is 2. The first-order valence-corrected chi connectivity index (χ1v) is 11.4. The van der Waals surface area contributed by atoms with E-state index in [9.17, 15) is 9.59 Å². The van der Waals surface area contributed by atoms with E-state index in [4.69, 9.17) is 9.47 Å². The largest absolute Gasteiger partial charge is 0.456 e. The Morgan fingerprint density at radius 1 is 1.23 bits per heavy atom. The number of nitrogens with one attached hydrogen (secondary N) is 2. The molecule has 1 atom stereocenters. The molecule has 0 saturated carbocycles. The lowest BCUT2D eigenvalue weighted by atomic mass is 9.88. The van der Waals surface area contributed by atoms with Crippen LogP contribution in [0.2, 0.25) is 0 Å². The highest BCUT2D eigenvalue weighted by molar-refractivity contribution is 5.77. The number of alkyl carbamates (subject to hydrolysis) is 1. The molecule has 0 aliphatic carbocycles. The minimum Gasteiger partial charge on any atom is -0.456 e.